The number of fused-ring (bicyclic) bond motifs is 16. The normalized spacial score (nSPS) is 16.8. The standard InChI is InChI=1S/C93H62F4N2/c1-5-59-27-35-63(36-28-59)91(61-31-23-57(3)24-32-61)79-19-11-7-15-71(79)75-45-41-67(53-83(75)91)98(89-49-39-65(94)51-87(89)96)69-43-47-77-73-17-9-13-21-81(73)93(85(77)55-69)82-22-14-10-18-74(82)78-48-44-70(56-86(78)93)99(90-50-40-66(95)52-88(90)97)68-42-46-76-72-16-8-12-20-80(72)92(84(76)54-68,62-33-25-58(4)26-34-62)64-37-29-60(6-2)30-38-64/h5-56H,1-2H2,3-4H3. The number of anilines is 6. The molecule has 18 rings (SSSR count). The zero-order chi connectivity index (χ0) is 67.1. The topological polar surface area (TPSA) is 6.48 Å². The highest BCUT2D eigenvalue weighted by atomic mass is 19.1. The first-order valence-corrected chi connectivity index (χ1v) is 33.5. The SMILES string of the molecule is C=Cc1ccc(C2(c3ccc(C)cc3)c3ccccc3-c3ccc(N(c4ccc5c(c4)C4(c6ccccc6-5)c5ccccc5-c5ccc(N(c6ccc7c(c6)C(c6ccc(C)cc6)(c6ccc(C=C)cc6)c6ccccc6-7)c6ccc(F)cc6F)cc54)c4ccc(F)cc4F)cc32)cc1. The molecule has 4 aliphatic rings. The van der Waals surface area contributed by atoms with E-state index >= 15 is 17.6 Å². The Balaban J connectivity index is 0.866. The molecule has 4 aliphatic carbocycles. The van der Waals surface area contributed by atoms with Gasteiger partial charge in [0, 0.05) is 34.9 Å². The van der Waals surface area contributed by atoms with Crippen LogP contribution in [-0.2, 0) is 16.2 Å². The van der Waals surface area contributed by atoms with Crippen LogP contribution < -0.4 is 9.80 Å². The maximum atomic E-state index is 17.4. The Morgan fingerprint density at radius 1 is 0.263 bits per heavy atom. The number of aryl methyl sites for hydroxylation is 2. The molecule has 0 radical (unpaired) electrons. The molecule has 1 spiro atoms. The maximum absolute atomic E-state index is 17.4. The van der Waals surface area contributed by atoms with Crippen molar-refractivity contribution in [3.05, 3.63) is 429 Å². The summed E-state index contributed by atoms with van der Waals surface area (Å²) in [5, 5.41) is 0. The summed E-state index contributed by atoms with van der Waals surface area (Å²) < 4.78 is 65.8. The molecular weight excluding hydrogens is 1220 g/mol. The molecule has 0 fully saturated rings. The zero-order valence-corrected chi connectivity index (χ0v) is 54.3. The lowest BCUT2D eigenvalue weighted by atomic mass is 9.67. The van der Waals surface area contributed by atoms with E-state index in [0.717, 1.165) is 146 Å². The Labute approximate surface area is 573 Å². The molecule has 472 valence electrons. The maximum Gasteiger partial charge on any atom is 0.150 e. The van der Waals surface area contributed by atoms with Crippen LogP contribution in [0.1, 0.15) is 89.0 Å². The van der Waals surface area contributed by atoms with Crippen LogP contribution in [0.5, 0.6) is 0 Å². The van der Waals surface area contributed by atoms with Gasteiger partial charge >= 0.3 is 0 Å². The predicted octanol–water partition coefficient (Wildman–Crippen LogP) is 24.2. The van der Waals surface area contributed by atoms with Gasteiger partial charge in [-0.15, -0.1) is 0 Å². The number of hydrogen-bond donors (Lipinski definition) is 0. The molecule has 99 heavy (non-hydrogen) atoms. The Bertz CT molecular complexity index is 5340. The van der Waals surface area contributed by atoms with Gasteiger partial charge in [0.2, 0.25) is 0 Å². The molecule has 14 aromatic rings. The minimum Gasteiger partial charge on any atom is -0.308 e. The van der Waals surface area contributed by atoms with E-state index in [-0.39, 0.29) is 11.4 Å². The second-order valence-corrected chi connectivity index (χ2v) is 26.6. The zero-order valence-electron chi connectivity index (χ0n) is 54.3. The molecular formula is C93H62F4N2. The van der Waals surface area contributed by atoms with Gasteiger partial charge in [-0.25, -0.2) is 17.6 Å². The van der Waals surface area contributed by atoms with Crippen LogP contribution in [0.15, 0.2) is 316 Å². The van der Waals surface area contributed by atoms with Crippen molar-refractivity contribution in [1.82, 2.24) is 0 Å². The van der Waals surface area contributed by atoms with E-state index in [2.05, 4.69) is 294 Å². The molecule has 2 atom stereocenters. The second-order valence-electron chi connectivity index (χ2n) is 26.6. The fourth-order valence-electron chi connectivity index (χ4n) is 17.3. The lowest BCUT2D eigenvalue weighted by molar-refractivity contribution is 0.583. The monoisotopic (exact) mass is 1280 g/mol. The minimum atomic E-state index is -1.01. The Hall–Kier alpha value is -12.1. The average molecular weight is 1280 g/mol. The molecule has 0 aromatic heterocycles. The van der Waals surface area contributed by atoms with Gasteiger partial charge in [-0.05, 0) is 209 Å². The fourth-order valence-corrected chi connectivity index (χ4v) is 17.3. The minimum absolute atomic E-state index is 0.164. The van der Waals surface area contributed by atoms with Crippen molar-refractivity contribution in [3.8, 4) is 44.5 Å². The summed E-state index contributed by atoms with van der Waals surface area (Å²) in [6, 6.07) is 102. The highest BCUT2D eigenvalue weighted by Crippen LogP contribution is 2.66. The van der Waals surface area contributed by atoms with Gasteiger partial charge in [-0.3, -0.25) is 0 Å². The lowest BCUT2D eigenvalue weighted by Gasteiger charge is -2.36. The highest BCUT2D eigenvalue weighted by Gasteiger charge is 2.53. The number of hydrogen-bond acceptors (Lipinski definition) is 2. The number of nitrogens with zero attached hydrogens (tertiary/aromatic N) is 2. The summed E-state index contributed by atoms with van der Waals surface area (Å²) in [5.74, 6) is -2.84. The summed E-state index contributed by atoms with van der Waals surface area (Å²) in [7, 11) is 0. The molecule has 6 heteroatoms. The van der Waals surface area contributed by atoms with Crippen LogP contribution in [0.3, 0.4) is 0 Å². The summed E-state index contributed by atoms with van der Waals surface area (Å²) in [5.41, 5.74) is 25.4. The molecule has 2 nitrogen and oxygen atoms in total. The molecule has 0 saturated carbocycles. The van der Waals surface area contributed by atoms with Crippen LogP contribution in [-0.4, -0.2) is 0 Å². The van der Waals surface area contributed by atoms with E-state index in [4.69, 9.17) is 0 Å². The second kappa shape index (κ2) is 22.5. The molecule has 0 heterocycles. The lowest BCUT2D eigenvalue weighted by Crippen LogP contribution is -2.29. The van der Waals surface area contributed by atoms with Crippen molar-refractivity contribution in [3.63, 3.8) is 0 Å². The Kier molecular flexibility index (Phi) is 13.5. The van der Waals surface area contributed by atoms with Crippen LogP contribution in [0.4, 0.5) is 51.7 Å². The van der Waals surface area contributed by atoms with Gasteiger partial charge in [-0.2, -0.15) is 0 Å². The van der Waals surface area contributed by atoms with E-state index in [1.807, 2.05) is 22.0 Å². The first kappa shape index (κ1) is 59.4. The first-order valence-electron chi connectivity index (χ1n) is 33.5. The quantitative estimate of drug-likeness (QED) is 0.113. The van der Waals surface area contributed by atoms with E-state index in [9.17, 15) is 0 Å². The molecule has 2 unspecified atom stereocenters. The third kappa shape index (κ3) is 8.55. The largest absolute Gasteiger partial charge is 0.308 e. The van der Waals surface area contributed by atoms with Crippen molar-refractivity contribution in [2.45, 2.75) is 30.1 Å². The Morgan fingerprint density at radius 2 is 0.525 bits per heavy atom. The van der Waals surface area contributed by atoms with Gasteiger partial charge in [0.1, 0.15) is 23.3 Å². The third-order valence-electron chi connectivity index (χ3n) is 21.6. The Morgan fingerprint density at radius 3 is 0.818 bits per heavy atom. The molecule has 0 aliphatic heterocycles. The summed E-state index contributed by atoms with van der Waals surface area (Å²) >= 11 is 0. The number of rotatable bonds is 12. The van der Waals surface area contributed by atoms with E-state index in [1.165, 1.54) is 24.3 Å². The predicted molar refractivity (Wildman–Crippen MR) is 396 cm³/mol. The van der Waals surface area contributed by atoms with Crippen molar-refractivity contribution >= 4 is 46.3 Å². The summed E-state index contributed by atoms with van der Waals surface area (Å²) in [4.78, 5) is 3.87. The summed E-state index contributed by atoms with van der Waals surface area (Å²) in [6.45, 7) is 12.4. The molecule has 0 saturated heterocycles. The molecule has 14 aromatic carbocycles. The van der Waals surface area contributed by atoms with Crippen molar-refractivity contribution < 1.29 is 17.6 Å². The van der Waals surface area contributed by atoms with Gasteiger partial charge in [0.15, 0.2) is 0 Å². The van der Waals surface area contributed by atoms with E-state index < -0.39 is 39.5 Å². The van der Waals surface area contributed by atoms with Crippen LogP contribution in [0, 0.1) is 37.1 Å². The van der Waals surface area contributed by atoms with Gasteiger partial charge in [0.05, 0.1) is 27.6 Å². The number of benzene rings is 14. The smallest absolute Gasteiger partial charge is 0.150 e. The van der Waals surface area contributed by atoms with Crippen LogP contribution in [0.25, 0.3) is 56.7 Å². The molecule has 0 N–H and O–H groups in total. The van der Waals surface area contributed by atoms with Gasteiger partial charge in [0.25, 0.3) is 0 Å². The average Bonchev–Trinajstić information content (AvgIpc) is 1.53. The van der Waals surface area contributed by atoms with Gasteiger partial charge < -0.3 is 9.80 Å². The van der Waals surface area contributed by atoms with Crippen LogP contribution >= 0.6 is 0 Å². The van der Waals surface area contributed by atoms with E-state index in [0.29, 0.717) is 22.7 Å². The van der Waals surface area contributed by atoms with E-state index in [1.54, 1.807) is 0 Å². The molecule has 0 amide bonds. The number of halogens is 4. The summed E-state index contributed by atoms with van der Waals surface area (Å²) in [6.07, 6.45) is 3.71. The third-order valence-corrected chi connectivity index (χ3v) is 21.6. The van der Waals surface area contributed by atoms with Crippen molar-refractivity contribution in [2.24, 2.45) is 0 Å². The fraction of sp³-hybridized carbons (Fsp3) is 0.0538. The van der Waals surface area contributed by atoms with Crippen LogP contribution in [0.2, 0.25) is 0 Å². The first-order chi connectivity index (χ1) is 48.4. The van der Waals surface area contributed by atoms with Crippen molar-refractivity contribution in [1.29, 1.82) is 0 Å². The van der Waals surface area contributed by atoms with Gasteiger partial charge in [-0.1, -0.05) is 255 Å². The highest BCUT2D eigenvalue weighted by molar-refractivity contribution is 5.99. The molecule has 0 bridgehead atoms. The van der Waals surface area contributed by atoms with Crippen molar-refractivity contribution in [2.75, 3.05) is 9.80 Å².